The molecule has 0 fully saturated rings. The molecule has 2 aromatic rings. The molecule has 1 aromatic carbocycles. The summed E-state index contributed by atoms with van der Waals surface area (Å²) >= 11 is 4.73. The second-order valence-corrected chi connectivity index (χ2v) is 6.77. The van der Waals surface area contributed by atoms with Crippen molar-refractivity contribution < 1.29 is 4.79 Å². The Morgan fingerprint density at radius 1 is 1.39 bits per heavy atom. The Morgan fingerprint density at radius 2 is 2.17 bits per heavy atom. The molecule has 1 amide bonds. The number of nitrogens with one attached hydrogen (secondary N) is 2. The maximum absolute atomic E-state index is 12.5. The van der Waals surface area contributed by atoms with Gasteiger partial charge in [-0.1, -0.05) is 51.8 Å². The first-order chi connectivity index (χ1) is 11.1. The number of hydrogen-bond acceptors (Lipinski definition) is 4. The molecule has 1 atom stereocenters. The molecule has 0 unspecified atom stereocenters. The number of carbonyl (C=O) groups excluding carboxylic acids is 1. The third-order valence-electron chi connectivity index (χ3n) is 3.50. The van der Waals surface area contributed by atoms with Crippen LogP contribution in [0.1, 0.15) is 23.5 Å². The van der Waals surface area contributed by atoms with Crippen LogP contribution in [-0.2, 0) is 4.79 Å². The topological polar surface area (TPSA) is 74.8 Å². The molecule has 0 spiro atoms. The van der Waals surface area contributed by atoms with E-state index < -0.39 is 0 Å². The summed E-state index contributed by atoms with van der Waals surface area (Å²) < 4.78 is 0.857. The Kier molecular flexibility index (Phi) is 4.55. The van der Waals surface area contributed by atoms with Gasteiger partial charge in [0, 0.05) is 16.8 Å². The van der Waals surface area contributed by atoms with Gasteiger partial charge in [-0.3, -0.25) is 9.59 Å². The van der Waals surface area contributed by atoms with Gasteiger partial charge in [0.15, 0.2) is 5.16 Å². The molecule has 5 nitrogen and oxygen atoms in total. The average Bonchev–Trinajstić information content (AvgIpc) is 2.52. The number of H-pyrrole nitrogens is 1. The summed E-state index contributed by atoms with van der Waals surface area (Å²) in [5.41, 5.74) is 1.11. The van der Waals surface area contributed by atoms with Gasteiger partial charge < -0.3 is 10.3 Å². The second-order valence-electron chi connectivity index (χ2n) is 4.95. The standard InChI is InChI=1S/C16H12BrN3O2S/c1-2-7-23-16-19-14-13(15(22)20-16)10(8-12(21)18-14)9-5-3-4-6-11(9)17/h1,3-6,10H,7-8H2,(H2,18,19,20,21,22)/t10-/m1/s1. The predicted octanol–water partition coefficient (Wildman–Crippen LogP) is 2.73. The molecule has 1 aliphatic rings. The van der Waals surface area contributed by atoms with E-state index in [4.69, 9.17) is 6.42 Å². The molecule has 0 radical (unpaired) electrons. The zero-order valence-corrected chi connectivity index (χ0v) is 14.3. The van der Waals surface area contributed by atoms with Crippen molar-refractivity contribution in [3.8, 4) is 12.3 Å². The third-order valence-corrected chi connectivity index (χ3v) is 5.00. The molecular formula is C16H12BrN3O2S. The quantitative estimate of drug-likeness (QED) is 0.480. The van der Waals surface area contributed by atoms with Gasteiger partial charge in [0.25, 0.3) is 5.56 Å². The number of thioether (sulfide) groups is 1. The van der Waals surface area contributed by atoms with E-state index in [0.29, 0.717) is 22.3 Å². The first kappa shape index (κ1) is 15.8. The second kappa shape index (κ2) is 6.60. The number of benzene rings is 1. The van der Waals surface area contributed by atoms with Gasteiger partial charge in [0.2, 0.25) is 5.91 Å². The minimum absolute atomic E-state index is 0.163. The van der Waals surface area contributed by atoms with E-state index >= 15 is 0 Å². The molecule has 23 heavy (non-hydrogen) atoms. The van der Waals surface area contributed by atoms with E-state index in [1.54, 1.807) is 0 Å². The van der Waals surface area contributed by atoms with Crippen LogP contribution >= 0.6 is 27.7 Å². The lowest BCUT2D eigenvalue weighted by Gasteiger charge is -2.25. The van der Waals surface area contributed by atoms with Crippen molar-refractivity contribution in [1.29, 1.82) is 0 Å². The van der Waals surface area contributed by atoms with Crippen molar-refractivity contribution in [2.75, 3.05) is 11.1 Å². The summed E-state index contributed by atoms with van der Waals surface area (Å²) in [7, 11) is 0. The van der Waals surface area contributed by atoms with E-state index in [2.05, 4.69) is 37.1 Å². The lowest BCUT2D eigenvalue weighted by Crippen LogP contribution is -2.31. The molecule has 1 aromatic heterocycles. The van der Waals surface area contributed by atoms with Crippen molar-refractivity contribution in [2.24, 2.45) is 0 Å². The summed E-state index contributed by atoms with van der Waals surface area (Å²) in [6.07, 6.45) is 5.43. The molecule has 1 aliphatic heterocycles. The highest BCUT2D eigenvalue weighted by Crippen LogP contribution is 2.37. The summed E-state index contributed by atoms with van der Waals surface area (Å²) in [5, 5.41) is 3.09. The molecule has 0 bridgehead atoms. The van der Waals surface area contributed by atoms with Crippen LogP contribution in [-0.4, -0.2) is 21.6 Å². The van der Waals surface area contributed by atoms with Gasteiger partial charge in [-0.25, -0.2) is 4.98 Å². The van der Waals surface area contributed by atoms with Crippen LogP contribution in [0.4, 0.5) is 5.82 Å². The van der Waals surface area contributed by atoms with E-state index in [-0.39, 0.29) is 23.8 Å². The maximum atomic E-state index is 12.5. The summed E-state index contributed by atoms with van der Waals surface area (Å²) in [6.45, 7) is 0. The molecule has 2 N–H and O–H groups in total. The molecule has 0 aliphatic carbocycles. The van der Waals surface area contributed by atoms with E-state index in [9.17, 15) is 9.59 Å². The molecule has 0 saturated carbocycles. The molecule has 116 valence electrons. The van der Waals surface area contributed by atoms with E-state index in [1.165, 1.54) is 11.8 Å². The summed E-state index contributed by atoms with van der Waals surface area (Å²) in [4.78, 5) is 31.6. The van der Waals surface area contributed by atoms with Crippen LogP contribution in [0.3, 0.4) is 0 Å². The van der Waals surface area contributed by atoms with Gasteiger partial charge in [-0.05, 0) is 11.6 Å². The first-order valence-corrected chi connectivity index (χ1v) is 8.62. The van der Waals surface area contributed by atoms with Crippen LogP contribution in [0.15, 0.2) is 38.7 Å². The highest BCUT2D eigenvalue weighted by molar-refractivity contribution is 9.10. The third kappa shape index (κ3) is 3.19. The fraction of sp³-hybridized carbons (Fsp3) is 0.188. The highest BCUT2D eigenvalue weighted by Gasteiger charge is 2.31. The highest BCUT2D eigenvalue weighted by atomic mass is 79.9. The number of terminal acetylenes is 1. The zero-order valence-electron chi connectivity index (χ0n) is 11.9. The van der Waals surface area contributed by atoms with Crippen molar-refractivity contribution in [1.82, 2.24) is 9.97 Å². The van der Waals surface area contributed by atoms with Gasteiger partial charge in [0.1, 0.15) is 5.82 Å². The molecule has 3 rings (SSSR count). The smallest absolute Gasteiger partial charge is 0.257 e. The SMILES string of the molecule is C#CCSc1nc2c(c(=O)[nH]1)[C@@H](c1ccccc1Br)CC(=O)N2. The minimum atomic E-state index is -0.336. The number of aromatic amines is 1. The molecule has 0 saturated heterocycles. The summed E-state index contributed by atoms with van der Waals surface area (Å²) in [5.74, 6) is 2.68. The average molecular weight is 390 g/mol. The van der Waals surface area contributed by atoms with Gasteiger partial charge in [-0.2, -0.15) is 0 Å². The van der Waals surface area contributed by atoms with Gasteiger partial charge >= 0.3 is 0 Å². The Hall–Kier alpha value is -2.04. The fourth-order valence-electron chi connectivity index (χ4n) is 2.55. The molecular weight excluding hydrogens is 378 g/mol. The van der Waals surface area contributed by atoms with Crippen LogP contribution in [0, 0.1) is 12.3 Å². The normalized spacial score (nSPS) is 16.3. The van der Waals surface area contributed by atoms with Crippen LogP contribution in [0.5, 0.6) is 0 Å². The zero-order chi connectivity index (χ0) is 16.4. The molecule has 7 heteroatoms. The van der Waals surface area contributed by atoms with Crippen molar-refractivity contribution in [2.45, 2.75) is 17.5 Å². The Balaban J connectivity index is 2.11. The first-order valence-electron chi connectivity index (χ1n) is 6.85. The van der Waals surface area contributed by atoms with E-state index in [0.717, 1.165) is 10.0 Å². The minimum Gasteiger partial charge on any atom is -0.310 e. The number of fused-ring (bicyclic) bond motifs is 1. The van der Waals surface area contributed by atoms with Crippen LogP contribution < -0.4 is 10.9 Å². The summed E-state index contributed by atoms with van der Waals surface area (Å²) in [6, 6.07) is 7.56. The largest absolute Gasteiger partial charge is 0.310 e. The Morgan fingerprint density at radius 3 is 2.91 bits per heavy atom. The predicted molar refractivity (Wildman–Crippen MR) is 93.6 cm³/mol. The number of anilines is 1. The van der Waals surface area contributed by atoms with Gasteiger partial charge in [-0.15, -0.1) is 6.42 Å². The number of rotatable bonds is 3. The van der Waals surface area contributed by atoms with E-state index in [1.807, 2.05) is 24.3 Å². The number of hydrogen-bond donors (Lipinski definition) is 2. The van der Waals surface area contributed by atoms with Gasteiger partial charge in [0.05, 0.1) is 11.3 Å². The number of carbonyl (C=O) groups is 1. The van der Waals surface area contributed by atoms with Crippen LogP contribution in [0.2, 0.25) is 0 Å². The van der Waals surface area contributed by atoms with Crippen molar-refractivity contribution in [3.05, 3.63) is 50.2 Å². The number of amides is 1. The number of nitrogens with zero attached hydrogens (tertiary/aromatic N) is 1. The van der Waals surface area contributed by atoms with Crippen LogP contribution in [0.25, 0.3) is 0 Å². The lowest BCUT2D eigenvalue weighted by atomic mass is 9.87. The monoisotopic (exact) mass is 389 g/mol. The Bertz CT molecular complexity index is 872. The maximum Gasteiger partial charge on any atom is 0.257 e. The fourth-order valence-corrected chi connectivity index (χ4v) is 3.65. The van der Waals surface area contributed by atoms with Crippen molar-refractivity contribution in [3.63, 3.8) is 0 Å². The molecule has 2 heterocycles. The Labute approximate surface area is 145 Å². The number of aromatic nitrogens is 2. The lowest BCUT2D eigenvalue weighted by molar-refractivity contribution is -0.116. The number of halogens is 1. The van der Waals surface area contributed by atoms with Crippen molar-refractivity contribution >= 4 is 39.4 Å².